The van der Waals surface area contributed by atoms with Crippen LogP contribution in [0.15, 0.2) is 89.8 Å². The molecule has 166 valence electrons. The molecule has 0 bridgehead atoms. The number of hydrogen-bond acceptors (Lipinski definition) is 3. The number of aliphatic carboxylic acids is 1. The number of carboxylic acid groups (broad SMARTS) is 1. The summed E-state index contributed by atoms with van der Waals surface area (Å²) in [6.45, 7) is -0.394. The molecule has 7 heteroatoms. The van der Waals surface area contributed by atoms with Crippen molar-refractivity contribution in [3.05, 3.63) is 102 Å². The zero-order valence-electron chi connectivity index (χ0n) is 17.0. The van der Waals surface area contributed by atoms with Crippen molar-refractivity contribution in [1.29, 1.82) is 0 Å². The normalized spacial score (nSPS) is 12.6. The Bertz CT molecular complexity index is 1040. The van der Waals surface area contributed by atoms with Gasteiger partial charge in [-0.15, -0.1) is 11.8 Å². The molecule has 0 aliphatic heterocycles. The van der Waals surface area contributed by atoms with E-state index in [1.54, 1.807) is 36.0 Å². The van der Waals surface area contributed by atoms with Crippen molar-refractivity contribution in [2.75, 3.05) is 12.4 Å². The number of carbonyl (C=O) groups is 1. The van der Waals surface area contributed by atoms with Gasteiger partial charge in [-0.2, -0.15) is 0 Å². The SMILES string of the molecule is O=C(O)COc1ccc(SCC=C(c2ccccc2)c2ccc(C(F)C(F)F)cc2)cc1. The molecule has 3 aromatic rings. The molecule has 3 aromatic carbocycles. The lowest BCUT2D eigenvalue weighted by Gasteiger charge is -2.12. The molecule has 3 rings (SSSR count). The second-order valence-electron chi connectivity index (χ2n) is 6.81. The van der Waals surface area contributed by atoms with Crippen LogP contribution in [0.5, 0.6) is 5.75 Å². The van der Waals surface area contributed by atoms with Crippen LogP contribution in [0.25, 0.3) is 5.57 Å². The van der Waals surface area contributed by atoms with Crippen molar-refractivity contribution in [1.82, 2.24) is 0 Å². The highest BCUT2D eigenvalue weighted by atomic mass is 32.2. The molecular weight excluding hydrogens is 437 g/mol. The van der Waals surface area contributed by atoms with E-state index >= 15 is 0 Å². The van der Waals surface area contributed by atoms with E-state index in [1.807, 2.05) is 48.5 Å². The van der Waals surface area contributed by atoms with Crippen molar-refractivity contribution >= 4 is 23.3 Å². The number of hydrogen-bond donors (Lipinski definition) is 1. The predicted octanol–water partition coefficient (Wildman–Crippen LogP) is 6.65. The molecule has 0 heterocycles. The molecule has 0 spiro atoms. The van der Waals surface area contributed by atoms with E-state index in [0.29, 0.717) is 11.5 Å². The van der Waals surface area contributed by atoms with Gasteiger partial charge in [0.05, 0.1) is 0 Å². The molecule has 0 aliphatic carbocycles. The molecular formula is C25H21F3O3S. The van der Waals surface area contributed by atoms with Gasteiger partial charge in [-0.25, -0.2) is 18.0 Å². The fourth-order valence-electron chi connectivity index (χ4n) is 3.01. The number of halogens is 3. The first-order valence-electron chi connectivity index (χ1n) is 9.79. The van der Waals surface area contributed by atoms with Gasteiger partial charge in [0.2, 0.25) is 0 Å². The Morgan fingerprint density at radius 1 is 0.906 bits per heavy atom. The minimum atomic E-state index is -3.05. The molecule has 3 nitrogen and oxygen atoms in total. The summed E-state index contributed by atoms with van der Waals surface area (Å²) in [5.41, 5.74) is 2.64. The maximum atomic E-state index is 13.6. The van der Waals surface area contributed by atoms with Crippen LogP contribution in [0.1, 0.15) is 22.9 Å². The first-order valence-corrected chi connectivity index (χ1v) is 10.8. The fourth-order valence-corrected chi connectivity index (χ4v) is 3.78. The van der Waals surface area contributed by atoms with Crippen LogP contribution in [0.3, 0.4) is 0 Å². The summed E-state index contributed by atoms with van der Waals surface area (Å²) in [6, 6.07) is 22.9. The Balaban J connectivity index is 1.74. The lowest BCUT2D eigenvalue weighted by atomic mass is 9.96. The Hall–Kier alpha value is -3.19. The zero-order chi connectivity index (χ0) is 22.9. The fraction of sp³-hybridized carbons (Fsp3) is 0.160. The van der Waals surface area contributed by atoms with Gasteiger partial charge in [-0.3, -0.25) is 0 Å². The van der Waals surface area contributed by atoms with Crippen LogP contribution < -0.4 is 4.74 Å². The van der Waals surface area contributed by atoms with Crippen molar-refractivity contribution in [3.63, 3.8) is 0 Å². The molecule has 0 radical (unpaired) electrons. The second-order valence-corrected chi connectivity index (χ2v) is 7.90. The molecule has 0 aliphatic rings. The molecule has 0 aromatic heterocycles. The molecule has 32 heavy (non-hydrogen) atoms. The Labute approximate surface area is 188 Å². The highest BCUT2D eigenvalue weighted by Gasteiger charge is 2.21. The molecule has 0 fully saturated rings. The van der Waals surface area contributed by atoms with Crippen molar-refractivity contribution in [2.45, 2.75) is 17.5 Å². The maximum Gasteiger partial charge on any atom is 0.341 e. The third kappa shape index (κ3) is 6.65. The Morgan fingerprint density at radius 2 is 1.53 bits per heavy atom. The summed E-state index contributed by atoms with van der Waals surface area (Å²) in [6.07, 6.45) is -3.32. The molecule has 0 saturated carbocycles. The summed E-state index contributed by atoms with van der Waals surface area (Å²) in [5, 5.41) is 8.66. The van der Waals surface area contributed by atoms with Crippen LogP contribution in [-0.4, -0.2) is 29.9 Å². The average Bonchev–Trinajstić information content (AvgIpc) is 2.81. The highest BCUT2D eigenvalue weighted by molar-refractivity contribution is 7.99. The average molecular weight is 459 g/mol. The summed E-state index contributed by atoms with van der Waals surface area (Å²) in [5.74, 6) is 0.0722. The quantitative estimate of drug-likeness (QED) is 0.346. The van der Waals surface area contributed by atoms with Crippen LogP contribution in [0.2, 0.25) is 0 Å². The van der Waals surface area contributed by atoms with E-state index in [9.17, 15) is 18.0 Å². The number of thioether (sulfide) groups is 1. The predicted molar refractivity (Wildman–Crippen MR) is 120 cm³/mol. The van der Waals surface area contributed by atoms with E-state index in [-0.39, 0.29) is 5.56 Å². The van der Waals surface area contributed by atoms with Crippen LogP contribution >= 0.6 is 11.8 Å². The van der Waals surface area contributed by atoms with Gasteiger partial charge >= 0.3 is 5.97 Å². The third-order valence-electron chi connectivity index (χ3n) is 4.57. The maximum absolute atomic E-state index is 13.6. The van der Waals surface area contributed by atoms with Gasteiger partial charge in [0.15, 0.2) is 12.8 Å². The smallest absolute Gasteiger partial charge is 0.341 e. The van der Waals surface area contributed by atoms with Gasteiger partial charge in [-0.05, 0) is 46.5 Å². The number of benzene rings is 3. The van der Waals surface area contributed by atoms with E-state index in [1.165, 1.54) is 12.1 Å². The molecule has 1 unspecified atom stereocenters. The van der Waals surface area contributed by atoms with Gasteiger partial charge in [0.1, 0.15) is 5.75 Å². The Morgan fingerprint density at radius 3 is 2.12 bits per heavy atom. The first kappa shape index (κ1) is 23.5. The zero-order valence-corrected chi connectivity index (χ0v) is 17.8. The van der Waals surface area contributed by atoms with Gasteiger partial charge in [-0.1, -0.05) is 60.7 Å². The second kappa shape index (κ2) is 11.4. The molecule has 1 N–H and O–H groups in total. The van der Waals surface area contributed by atoms with E-state index < -0.39 is 25.2 Å². The third-order valence-corrected chi connectivity index (χ3v) is 5.51. The van der Waals surface area contributed by atoms with Crippen LogP contribution in [0.4, 0.5) is 13.2 Å². The summed E-state index contributed by atoms with van der Waals surface area (Å²) in [7, 11) is 0. The standard InChI is InChI=1S/C25H21F3O3S/c26-24(25(27)28)19-8-6-18(7-9-19)22(17-4-2-1-3-5-17)14-15-32-21-12-10-20(11-13-21)31-16-23(29)30/h1-14,24-25H,15-16H2,(H,29,30). The van der Waals surface area contributed by atoms with Crippen molar-refractivity contribution < 1.29 is 27.8 Å². The first-order chi connectivity index (χ1) is 15.4. The summed E-state index contributed by atoms with van der Waals surface area (Å²) in [4.78, 5) is 11.5. The number of ether oxygens (including phenoxy) is 1. The summed E-state index contributed by atoms with van der Waals surface area (Å²) < 4.78 is 44.0. The van der Waals surface area contributed by atoms with Gasteiger partial charge < -0.3 is 9.84 Å². The molecule has 1 atom stereocenters. The van der Waals surface area contributed by atoms with E-state index in [2.05, 4.69) is 0 Å². The largest absolute Gasteiger partial charge is 0.482 e. The van der Waals surface area contributed by atoms with Gasteiger partial charge in [0, 0.05) is 10.6 Å². The number of rotatable bonds is 10. The van der Waals surface area contributed by atoms with Crippen molar-refractivity contribution in [2.24, 2.45) is 0 Å². The number of carboxylic acids is 1. The monoisotopic (exact) mass is 458 g/mol. The highest BCUT2D eigenvalue weighted by Crippen LogP contribution is 2.30. The van der Waals surface area contributed by atoms with Crippen molar-refractivity contribution in [3.8, 4) is 5.75 Å². The van der Waals surface area contributed by atoms with Crippen LogP contribution in [0, 0.1) is 0 Å². The minimum absolute atomic E-state index is 0.0456. The topological polar surface area (TPSA) is 46.5 Å². The summed E-state index contributed by atoms with van der Waals surface area (Å²) >= 11 is 1.58. The lowest BCUT2D eigenvalue weighted by Crippen LogP contribution is -2.09. The van der Waals surface area contributed by atoms with E-state index in [4.69, 9.17) is 9.84 Å². The minimum Gasteiger partial charge on any atom is -0.482 e. The molecule has 0 saturated heterocycles. The van der Waals surface area contributed by atoms with E-state index in [0.717, 1.165) is 21.6 Å². The lowest BCUT2D eigenvalue weighted by molar-refractivity contribution is -0.139. The van der Waals surface area contributed by atoms with Gasteiger partial charge in [0.25, 0.3) is 6.43 Å². The Kier molecular flexibility index (Phi) is 8.39. The molecule has 0 amide bonds. The number of alkyl halides is 3. The van der Waals surface area contributed by atoms with Crippen LogP contribution in [-0.2, 0) is 4.79 Å².